The van der Waals surface area contributed by atoms with Crippen molar-refractivity contribution < 1.29 is 9.21 Å². The van der Waals surface area contributed by atoms with Crippen molar-refractivity contribution in [2.45, 2.75) is 51.6 Å². The molecule has 3 N–H and O–H groups in total. The van der Waals surface area contributed by atoms with E-state index >= 15 is 0 Å². The molecule has 0 saturated heterocycles. The molecule has 0 aromatic carbocycles. The molecule has 0 radical (unpaired) electrons. The van der Waals surface area contributed by atoms with Gasteiger partial charge in [-0.25, -0.2) is 0 Å². The summed E-state index contributed by atoms with van der Waals surface area (Å²) < 4.78 is 5.40. The van der Waals surface area contributed by atoms with Crippen molar-refractivity contribution in [1.82, 2.24) is 5.32 Å². The van der Waals surface area contributed by atoms with Crippen molar-refractivity contribution in [3.05, 3.63) is 23.2 Å². The van der Waals surface area contributed by atoms with E-state index in [0.717, 1.165) is 37.0 Å². The maximum atomic E-state index is 12.0. The van der Waals surface area contributed by atoms with Crippen LogP contribution in [-0.4, -0.2) is 18.0 Å². The number of nitrogens with one attached hydrogen (secondary N) is 1. The normalized spacial score (nSPS) is 24.6. The average Bonchev–Trinajstić information content (AvgIpc) is 2.61. The van der Waals surface area contributed by atoms with Gasteiger partial charge in [-0.15, -0.1) is 0 Å². The lowest BCUT2D eigenvalue weighted by atomic mass is 9.92. The number of aryl methyl sites for hydroxylation is 2. The number of amides is 1. The first kappa shape index (κ1) is 12.2. The molecule has 1 saturated carbocycles. The molecule has 1 fully saturated rings. The van der Waals surface area contributed by atoms with Crippen LogP contribution in [0.1, 0.15) is 47.6 Å². The van der Waals surface area contributed by atoms with Gasteiger partial charge in [0, 0.05) is 17.6 Å². The monoisotopic (exact) mass is 236 g/mol. The summed E-state index contributed by atoms with van der Waals surface area (Å²) in [5.41, 5.74) is 6.73. The van der Waals surface area contributed by atoms with Gasteiger partial charge in [0.25, 0.3) is 5.91 Å². The molecule has 1 aromatic heterocycles. The molecule has 1 heterocycles. The van der Waals surface area contributed by atoms with Crippen molar-refractivity contribution in [1.29, 1.82) is 0 Å². The molecule has 2 rings (SSSR count). The van der Waals surface area contributed by atoms with E-state index in [1.165, 1.54) is 0 Å². The van der Waals surface area contributed by atoms with E-state index in [9.17, 15) is 4.79 Å². The lowest BCUT2D eigenvalue weighted by Crippen LogP contribution is -2.40. The smallest absolute Gasteiger partial charge is 0.287 e. The zero-order valence-corrected chi connectivity index (χ0v) is 10.5. The van der Waals surface area contributed by atoms with Crippen molar-refractivity contribution >= 4 is 5.91 Å². The summed E-state index contributed by atoms with van der Waals surface area (Å²) in [5, 5.41) is 3.02. The molecule has 94 valence electrons. The first-order chi connectivity index (χ1) is 8.06. The van der Waals surface area contributed by atoms with Gasteiger partial charge in [-0.1, -0.05) is 0 Å². The van der Waals surface area contributed by atoms with Gasteiger partial charge in [-0.2, -0.15) is 0 Å². The van der Waals surface area contributed by atoms with Crippen molar-refractivity contribution in [2.75, 3.05) is 0 Å². The number of hydrogen-bond acceptors (Lipinski definition) is 3. The standard InChI is InChI=1S/C13H20N2O2/c1-8-7-9(2)17-12(8)13(16)15-11-5-3-10(14)4-6-11/h7,10-11H,3-6,14H2,1-2H3,(H,15,16). The fourth-order valence-corrected chi connectivity index (χ4v) is 2.38. The Hall–Kier alpha value is -1.29. The number of hydrogen-bond donors (Lipinski definition) is 2. The highest BCUT2D eigenvalue weighted by atomic mass is 16.3. The fraction of sp³-hybridized carbons (Fsp3) is 0.615. The summed E-state index contributed by atoms with van der Waals surface area (Å²) in [6.45, 7) is 3.74. The van der Waals surface area contributed by atoms with Crippen LogP contribution in [-0.2, 0) is 0 Å². The quantitative estimate of drug-likeness (QED) is 0.824. The Bertz CT molecular complexity index is 404. The van der Waals surface area contributed by atoms with Gasteiger partial charge in [-0.3, -0.25) is 4.79 Å². The van der Waals surface area contributed by atoms with Gasteiger partial charge in [0.05, 0.1) is 0 Å². The van der Waals surface area contributed by atoms with E-state index in [0.29, 0.717) is 11.8 Å². The summed E-state index contributed by atoms with van der Waals surface area (Å²) in [4.78, 5) is 12.0. The Morgan fingerprint density at radius 1 is 1.35 bits per heavy atom. The molecular formula is C13H20N2O2. The van der Waals surface area contributed by atoms with E-state index in [1.54, 1.807) is 0 Å². The summed E-state index contributed by atoms with van der Waals surface area (Å²) in [6, 6.07) is 2.42. The summed E-state index contributed by atoms with van der Waals surface area (Å²) >= 11 is 0. The van der Waals surface area contributed by atoms with Crippen LogP contribution in [0.2, 0.25) is 0 Å². The number of furan rings is 1. The van der Waals surface area contributed by atoms with Gasteiger partial charge < -0.3 is 15.5 Å². The van der Waals surface area contributed by atoms with Gasteiger partial charge in [0.1, 0.15) is 5.76 Å². The molecule has 1 aliphatic carbocycles. The Balaban J connectivity index is 1.95. The van der Waals surface area contributed by atoms with E-state index < -0.39 is 0 Å². The number of carbonyl (C=O) groups excluding carboxylic acids is 1. The highest BCUT2D eigenvalue weighted by molar-refractivity contribution is 5.93. The maximum Gasteiger partial charge on any atom is 0.287 e. The zero-order valence-electron chi connectivity index (χ0n) is 10.5. The Morgan fingerprint density at radius 3 is 2.53 bits per heavy atom. The van der Waals surface area contributed by atoms with Crippen LogP contribution in [0.3, 0.4) is 0 Å². The largest absolute Gasteiger partial charge is 0.456 e. The first-order valence-electron chi connectivity index (χ1n) is 6.19. The van der Waals surface area contributed by atoms with Crippen LogP contribution in [0, 0.1) is 13.8 Å². The summed E-state index contributed by atoms with van der Waals surface area (Å²) in [5.74, 6) is 1.12. The predicted octanol–water partition coefficient (Wildman–Crippen LogP) is 1.90. The number of nitrogens with two attached hydrogens (primary N) is 1. The molecule has 17 heavy (non-hydrogen) atoms. The lowest BCUT2D eigenvalue weighted by molar-refractivity contribution is 0.0895. The predicted molar refractivity (Wildman–Crippen MR) is 65.9 cm³/mol. The van der Waals surface area contributed by atoms with Crippen molar-refractivity contribution in [3.8, 4) is 0 Å². The van der Waals surface area contributed by atoms with Gasteiger partial charge >= 0.3 is 0 Å². The third-order valence-electron chi connectivity index (χ3n) is 3.35. The second-order valence-corrected chi connectivity index (χ2v) is 4.95. The molecule has 4 heteroatoms. The second-order valence-electron chi connectivity index (χ2n) is 4.95. The lowest BCUT2D eigenvalue weighted by Gasteiger charge is -2.26. The molecule has 0 aliphatic heterocycles. The highest BCUT2D eigenvalue weighted by Crippen LogP contribution is 2.19. The fourth-order valence-electron chi connectivity index (χ4n) is 2.38. The van der Waals surface area contributed by atoms with E-state index in [4.69, 9.17) is 10.2 Å². The average molecular weight is 236 g/mol. The zero-order chi connectivity index (χ0) is 12.4. The third kappa shape index (κ3) is 2.88. The second kappa shape index (κ2) is 4.92. The topological polar surface area (TPSA) is 68.3 Å². The van der Waals surface area contributed by atoms with Gasteiger partial charge in [0.2, 0.25) is 0 Å². The Kier molecular flexibility index (Phi) is 3.52. The molecule has 4 nitrogen and oxygen atoms in total. The SMILES string of the molecule is Cc1cc(C)c(C(=O)NC2CCC(N)CC2)o1. The maximum absolute atomic E-state index is 12.0. The molecule has 1 aromatic rings. The summed E-state index contributed by atoms with van der Waals surface area (Å²) in [7, 11) is 0. The van der Waals surface area contributed by atoms with Crippen molar-refractivity contribution in [2.24, 2.45) is 5.73 Å². The van der Waals surface area contributed by atoms with Crippen LogP contribution in [0.4, 0.5) is 0 Å². The molecule has 0 bridgehead atoms. The van der Waals surface area contributed by atoms with Crippen LogP contribution in [0.15, 0.2) is 10.5 Å². The summed E-state index contributed by atoms with van der Waals surface area (Å²) in [6.07, 6.45) is 3.90. The van der Waals surface area contributed by atoms with Gasteiger partial charge in [-0.05, 0) is 45.6 Å². The van der Waals surface area contributed by atoms with Crippen molar-refractivity contribution in [3.63, 3.8) is 0 Å². The third-order valence-corrected chi connectivity index (χ3v) is 3.35. The molecule has 1 amide bonds. The Morgan fingerprint density at radius 2 is 2.00 bits per heavy atom. The van der Waals surface area contributed by atoms with Crippen LogP contribution >= 0.6 is 0 Å². The first-order valence-corrected chi connectivity index (χ1v) is 6.19. The highest BCUT2D eigenvalue weighted by Gasteiger charge is 2.22. The minimum absolute atomic E-state index is 0.101. The van der Waals surface area contributed by atoms with Crippen LogP contribution in [0.25, 0.3) is 0 Å². The molecule has 0 unspecified atom stereocenters. The van der Waals surface area contributed by atoms with E-state index in [1.807, 2.05) is 19.9 Å². The minimum Gasteiger partial charge on any atom is -0.456 e. The number of rotatable bonds is 2. The van der Waals surface area contributed by atoms with Gasteiger partial charge in [0.15, 0.2) is 5.76 Å². The van der Waals surface area contributed by atoms with E-state index in [2.05, 4.69) is 5.32 Å². The molecule has 1 aliphatic rings. The molecular weight excluding hydrogens is 216 g/mol. The van der Waals surface area contributed by atoms with E-state index in [-0.39, 0.29) is 11.9 Å². The van der Waals surface area contributed by atoms with Crippen LogP contribution in [0.5, 0.6) is 0 Å². The Labute approximate surface area is 102 Å². The number of carbonyl (C=O) groups is 1. The minimum atomic E-state index is -0.101. The molecule has 0 atom stereocenters. The van der Waals surface area contributed by atoms with Crippen LogP contribution < -0.4 is 11.1 Å². The molecule has 0 spiro atoms.